The fourth-order valence-corrected chi connectivity index (χ4v) is 4.25. The summed E-state index contributed by atoms with van der Waals surface area (Å²) >= 11 is 0. The molecule has 2 N–H and O–H groups in total. The van der Waals surface area contributed by atoms with Crippen LogP contribution in [0.5, 0.6) is 0 Å². The van der Waals surface area contributed by atoms with Gasteiger partial charge < -0.3 is 20.3 Å². The Bertz CT molecular complexity index is 808. The van der Waals surface area contributed by atoms with Crippen LogP contribution in [0.2, 0.25) is 0 Å². The van der Waals surface area contributed by atoms with E-state index in [9.17, 15) is 18.0 Å². The van der Waals surface area contributed by atoms with Gasteiger partial charge in [0.1, 0.15) is 0 Å². The van der Waals surface area contributed by atoms with E-state index in [0.717, 1.165) is 25.2 Å². The van der Waals surface area contributed by atoms with Crippen molar-refractivity contribution in [1.82, 2.24) is 15.5 Å². The molecule has 3 rings (SSSR count). The Hall–Kier alpha value is -2.29. The van der Waals surface area contributed by atoms with Gasteiger partial charge in [-0.15, -0.1) is 0 Å². The van der Waals surface area contributed by atoms with Crippen molar-refractivity contribution in [3.63, 3.8) is 0 Å². The monoisotopic (exact) mass is 426 g/mol. The number of likely N-dealkylation sites (N-methyl/N-ethyl adjacent to an activating group) is 1. The third kappa shape index (κ3) is 4.71. The molecule has 9 heteroatoms. The number of nitrogens with zero attached hydrogens (tertiary/aromatic N) is 2. The van der Waals surface area contributed by atoms with E-state index < -0.39 is 11.7 Å². The SMILES string of the molecule is CN(C)C(=O)CNC(=NCc1cccc(C(F)(F)F)c1)NC1C2CCOC2C1(C)C. The predicted octanol–water partition coefficient (Wildman–Crippen LogP) is 2.64. The first-order chi connectivity index (χ1) is 14.0. The molecule has 1 aliphatic heterocycles. The number of hydrogen-bond donors (Lipinski definition) is 2. The molecule has 1 amide bonds. The molecule has 0 bridgehead atoms. The molecule has 1 saturated carbocycles. The number of ether oxygens (including phenoxy) is 1. The molecule has 1 aromatic rings. The molecule has 3 unspecified atom stereocenters. The Balaban J connectivity index is 1.75. The van der Waals surface area contributed by atoms with Crippen molar-refractivity contribution in [1.29, 1.82) is 0 Å². The molecule has 1 aliphatic carbocycles. The largest absolute Gasteiger partial charge is 0.416 e. The highest BCUT2D eigenvalue weighted by Crippen LogP contribution is 2.52. The summed E-state index contributed by atoms with van der Waals surface area (Å²) < 4.78 is 44.7. The maximum atomic E-state index is 13.0. The van der Waals surface area contributed by atoms with Crippen LogP contribution in [0.25, 0.3) is 0 Å². The fraction of sp³-hybridized carbons (Fsp3) is 0.619. The van der Waals surface area contributed by atoms with Crippen LogP contribution in [-0.4, -0.2) is 56.2 Å². The second-order valence-corrected chi connectivity index (χ2v) is 8.69. The van der Waals surface area contributed by atoms with Gasteiger partial charge in [-0.05, 0) is 24.1 Å². The number of amides is 1. The van der Waals surface area contributed by atoms with Gasteiger partial charge in [-0.2, -0.15) is 13.2 Å². The lowest BCUT2D eigenvalue weighted by atomic mass is 9.57. The third-order valence-corrected chi connectivity index (χ3v) is 5.97. The zero-order chi connectivity index (χ0) is 22.1. The molecular weight excluding hydrogens is 397 g/mol. The van der Waals surface area contributed by atoms with Crippen molar-refractivity contribution in [3.05, 3.63) is 35.4 Å². The standard InChI is InChI=1S/C21H29F3N4O2/c1-20(2)17(15-8-9-30-18(15)20)27-19(26-12-16(29)28(3)4)25-11-13-6-5-7-14(10-13)21(22,23)24/h5-7,10,15,17-18H,8-9,11-12H2,1-4H3,(H2,25,26,27). The number of alkyl halides is 3. The predicted molar refractivity (Wildman–Crippen MR) is 108 cm³/mol. The van der Waals surface area contributed by atoms with Crippen LogP contribution < -0.4 is 10.6 Å². The Morgan fingerprint density at radius 1 is 1.33 bits per heavy atom. The third-order valence-electron chi connectivity index (χ3n) is 5.97. The molecule has 1 aromatic carbocycles. The van der Waals surface area contributed by atoms with Gasteiger partial charge in [-0.25, -0.2) is 4.99 Å². The molecule has 1 heterocycles. The van der Waals surface area contributed by atoms with Crippen molar-refractivity contribution in [2.45, 2.75) is 45.1 Å². The van der Waals surface area contributed by atoms with Crippen LogP contribution in [0.4, 0.5) is 13.2 Å². The lowest BCUT2D eigenvalue weighted by Gasteiger charge is -2.54. The first kappa shape index (κ1) is 22.4. The van der Waals surface area contributed by atoms with Gasteiger partial charge in [0.05, 0.1) is 24.8 Å². The number of carbonyl (C=O) groups excluding carboxylic acids is 1. The number of nitrogens with one attached hydrogen (secondary N) is 2. The van der Waals surface area contributed by atoms with Crippen molar-refractivity contribution in [3.8, 4) is 0 Å². The molecule has 0 spiro atoms. The summed E-state index contributed by atoms with van der Waals surface area (Å²) in [6.07, 6.45) is -3.27. The van der Waals surface area contributed by atoms with E-state index in [1.54, 1.807) is 20.2 Å². The Morgan fingerprint density at radius 2 is 2.07 bits per heavy atom. The first-order valence-corrected chi connectivity index (χ1v) is 10.0. The average molecular weight is 426 g/mol. The lowest BCUT2D eigenvalue weighted by molar-refractivity contribution is -0.137. The van der Waals surface area contributed by atoms with Gasteiger partial charge in [0.25, 0.3) is 0 Å². The van der Waals surface area contributed by atoms with Crippen LogP contribution in [0.3, 0.4) is 0 Å². The molecule has 2 aliphatic rings. The van der Waals surface area contributed by atoms with E-state index in [1.165, 1.54) is 11.0 Å². The maximum Gasteiger partial charge on any atom is 0.416 e. The summed E-state index contributed by atoms with van der Waals surface area (Å²) in [6, 6.07) is 5.22. The van der Waals surface area contributed by atoms with Crippen molar-refractivity contribution >= 4 is 11.9 Å². The molecule has 1 saturated heterocycles. The molecule has 166 valence electrons. The Labute approximate surface area is 174 Å². The topological polar surface area (TPSA) is 66.0 Å². The maximum absolute atomic E-state index is 13.0. The average Bonchev–Trinajstić information content (AvgIpc) is 3.13. The van der Waals surface area contributed by atoms with Gasteiger partial charge >= 0.3 is 6.18 Å². The fourth-order valence-electron chi connectivity index (χ4n) is 4.25. The molecule has 3 atom stereocenters. The summed E-state index contributed by atoms with van der Waals surface area (Å²) in [5.41, 5.74) is -0.364. The highest BCUT2D eigenvalue weighted by molar-refractivity contribution is 5.86. The smallest absolute Gasteiger partial charge is 0.377 e. The summed E-state index contributed by atoms with van der Waals surface area (Å²) in [5.74, 6) is 0.634. The zero-order valence-electron chi connectivity index (χ0n) is 17.7. The summed E-state index contributed by atoms with van der Waals surface area (Å²) in [7, 11) is 3.32. The van der Waals surface area contributed by atoms with Gasteiger partial charge in [0, 0.05) is 38.1 Å². The second-order valence-electron chi connectivity index (χ2n) is 8.69. The number of fused-ring (bicyclic) bond motifs is 1. The van der Waals surface area contributed by atoms with E-state index in [-0.39, 0.29) is 36.6 Å². The van der Waals surface area contributed by atoms with Crippen molar-refractivity contribution < 1.29 is 22.7 Å². The van der Waals surface area contributed by atoms with E-state index in [4.69, 9.17) is 4.74 Å². The van der Waals surface area contributed by atoms with Crippen LogP contribution in [0.1, 0.15) is 31.4 Å². The summed E-state index contributed by atoms with van der Waals surface area (Å²) in [4.78, 5) is 17.9. The highest BCUT2D eigenvalue weighted by atomic mass is 19.4. The number of benzene rings is 1. The first-order valence-electron chi connectivity index (χ1n) is 10.0. The van der Waals surface area contributed by atoms with Gasteiger partial charge in [-0.3, -0.25) is 4.79 Å². The van der Waals surface area contributed by atoms with Crippen LogP contribution in [-0.2, 0) is 22.3 Å². The number of carbonyl (C=O) groups is 1. The quantitative estimate of drug-likeness (QED) is 0.561. The normalized spacial score (nSPS) is 25.3. The van der Waals surface area contributed by atoms with E-state index in [2.05, 4.69) is 29.5 Å². The summed E-state index contributed by atoms with van der Waals surface area (Å²) in [5, 5.41) is 6.41. The molecular formula is C21H29F3N4O2. The van der Waals surface area contributed by atoms with Crippen LogP contribution in [0.15, 0.2) is 29.3 Å². The molecule has 30 heavy (non-hydrogen) atoms. The van der Waals surface area contributed by atoms with E-state index >= 15 is 0 Å². The number of hydrogen-bond acceptors (Lipinski definition) is 3. The summed E-state index contributed by atoms with van der Waals surface area (Å²) in [6.45, 7) is 5.06. The molecule has 6 nitrogen and oxygen atoms in total. The van der Waals surface area contributed by atoms with Gasteiger partial charge in [0.15, 0.2) is 5.96 Å². The van der Waals surface area contributed by atoms with Crippen LogP contribution >= 0.6 is 0 Å². The zero-order valence-corrected chi connectivity index (χ0v) is 17.7. The minimum absolute atomic E-state index is 0.0408. The van der Waals surface area contributed by atoms with Crippen molar-refractivity contribution in [2.24, 2.45) is 16.3 Å². The Kier molecular flexibility index (Phi) is 6.31. The second kappa shape index (κ2) is 8.45. The number of aliphatic imine (C=N–C) groups is 1. The van der Waals surface area contributed by atoms with E-state index in [0.29, 0.717) is 17.4 Å². The van der Waals surface area contributed by atoms with Crippen LogP contribution in [0, 0.1) is 11.3 Å². The minimum atomic E-state index is -4.40. The molecule has 0 aromatic heterocycles. The number of rotatable bonds is 5. The van der Waals surface area contributed by atoms with Gasteiger partial charge in [-0.1, -0.05) is 26.0 Å². The number of halogens is 3. The van der Waals surface area contributed by atoms with Crippen molar-refractivity contribution in [2.75, 3.05) is 27.2 Å². The van der Waals surface area contributed by atoms with Gasteiger partial charge in [0.2, 0.25) is 5.91 Å². The van der Waals surface area contributed by atoms with E-state index in [1.807, 2.05) is 0 Å². The lowest BCUT2D eigenvalue weighted by Crippen LogP contribution is -2.68. The molecule has 0 radical (unpaired) electrons. The Morgan fingerprint density at radius 3 is 2.73 bits per heavy atom. The number of guanidine groups is 1. The molecule has 2 fully saturated rings. The minimum Gasteiger partial charge on any atom is -0.377 e. The highest BCUT2D eigenvalue weighted by Gasteiger charge is 2.59.